The summed E-state index contributed by atoms with van der Waals surface area (Å²) in [6, 6.07) is 15.6. The van der Waals surface area contributed by atoms with Gasteiger partial charge in [0.25, 0.3) is 0 Å². The zero-order valence-electron chi connectivity index (χ0n) is 13.4. The van der Waals surface area contributed by atoms with Gasteiger partial charge in [0.1, 0.15) is 0 Å². The summed E-state index contributed by atoms with van der Waals surface area (Å²) in [6.45, 7) is 9.77. The molecule has 0 aliphatic heterocycles. The van der Waals surface area contributed by atoms with Gasteiger partial charge in [-0.1, -0.05) is 43.3 Å². The van der Waals surface area contributed by atoms with E-state index in [0.717, 1.165) is 12.3 Å². The van der Waals surface area contributed by atoms with Gasteiger partial charge < -0.3 is 5.32 Å². The molecule has 1 N–H and O–H groups in total. The van der Waals surface area contributed by atoms with Crippen LogP contribution in [0.1, 0.15) is 35.2 Å². The zero-order valence-corrected chi connectivity index (χ0v) is 14.3. The maximum absolute atomic E-state index is 3.64. The van der Waals surface area contributed by atoms with Crippen LogP contribution in [0.4, 0.5) is 0 Å². The van der Waals surface area contributed by atoms with Crippen molar-refractivity contribution in [3.05, 3.63) is 64.7 Å². The van der Waals surface area contributed by atoms with Crippen LogP contribution in [-0.4, -0.2) is 12.3 Å². The van der Waals surface area contributed by atoms with E-state index in [2.05, 4.69) is 75.5 Å². The van der Waals surface area contributed by atoms with Gasteiger partial charge in [0.05, 0.1) is 0 Å². The molecule has 0 heterocycles. The molecule has 112 valence electrons. The number of rotatable bonds is 6. The number of aryl methyl sites for hydroxylation is 2. The Hall–Kier alpha value is -1.25. The monoisotopic (exact) mass is 299 g/mol. The molecular formula is C19H25NS. The number of benzene rings is 2. The summed E-state index contributed by atoms with van der Waals surface area (Å²) in [5.74, 6) is 1.06. The van der Waals surface area contributed by atoms with Gasteiger partial charge in [-0.2, -0.15) is 0 Å². The fourth-order valence-corrected chi connectivity index (χ4v) is 3.66. The van der Waals surface area contributed by atoms with Crippen molar-refractivity contribution in [2.45, 2.75) is 38.6 Å². The minimum atomic E-state index is 0.402. The van der Waals surface area contributed by atoms with E-state index >= 15 is 0 Å². The Morgan fingerprint density at radius 2 is 1.67 bits per heavy atom. The normalized spacial score (nSPS) is 12.4. The third-order valence-electron chi connectivity index (χ3n) is 3.97. The molecule has 0 amide bonds. The van der Waals surface area contributed by atoms with Gasteiger partial charge in [0.15, 0.2) is 0 Å². The molecule has 0 radical (unpaired) electrons. The maximum atomic E-state index is 3.64. The third kappa shape index (κ3) is 4.12. The molecule has 0 bridgehead atoms. The van der Waals surface area contributed by atoms with Crippen LogP contribution >= 0.6 is 11.8 Å². The molecule has 2 aromatic carbocycles. The molecule has 2 heteroatoms. The van der Waals surface area contributed by atoms with Gasteiger partial charge in [0, 0.05) is 16.7 Å². The second-order valence-electron chi connectivity index (χ2n) is 5.48. The maximum Gasteiger partial charge on any atom is 0.0418 e. The average Bonchev–Trinajstić information content (AvgIpc) is 2.48. The van der Waals surface area contributed by atoms with Crippen LogP contribution in [0, 0.1) is 20.8 Å². The highest BCUT2D eigenvalue weighted by molar-refractivity contribution is 7.99. The van der Waals surface area contributed by atoms with E-state index in [0.29, 0.717) is 6.04 Å². The van der Waals surface area contributed by atoms with Crippen molar-refractivity contribution in [2.75, 3.05) is 12.3 Å². The van der Waals surface area contributed by atoms with E-state index < -0.39 is 0 Å². The van der Waals surface area contributed by atoms with E-state index in [1.165, 1.54) is 27.1 Å². The molecule has 2 aromatic rings. The summed E-state index contributed by atoms with van der Waals surface area (Å²) in [5, 5.41) is 3.64. The first-order valence-corrected chi connectivity index (χ1v) is 8.60. The number of hydrogen-bond acceptors (Lipinski definition) is 2. The van der Waals surface area contributed by atoms with Gasteiger partial charge in [-0.25, -0.2) is 0 Å². The van der Waals surface area contributed by atoms with Gasteiger partial charge >= 0.3 is 0 Å². The lowest BCUT2D eigenvalue weighted by Gasteiger charge is -2.21. The van der Waals surface area contributed by atoms with Crippen LogP contribution in [0.3, 0.4) is 0 Å². The first-order chi connectivity index (χ1) is 10.1. The van der Waals surface area contributed by atoms with Crippen LogP contribution in [-0.2, 0) is 0 Å². The minimum absolute atomic E-state index is 0.402. The second-order valence-corrected chi connectivity index (χ2v) is 6.54. The summed E-state index contributed by atoms with van der Waals surface area (Å²) < 4.78 is 0. The first-order valence-electron chi connectivity index (χ1n) is 7.61. The van der Waals surface area contributed by atoms with Gasteiger partial charge in [-0.05, 0) is 55.6 Å². The SMILES string of the molecule is CCNC(CSc1ccccc1C)c1cccc(C)c1C. The standard InChI is InChI=1S/C19H25NS/c1-5-20-18(17-11-8-10-14(2)16(17)4)13-21-19-12-7-6-9-15(19)3/h6-12,18,20H,5,13H2,1-4H3. The van der Waals surface area contributed by atoms with E-state index in [9.17, 15) is 0 Å². The molecule has 21 heavy (non-hydrogen) atoms. The summed E-state index contributed by atoms with van der Waals surface area (Å²) in [6.07, 6.45) is 0. The summed E-state index contributed by atoms with van der Waals surface area (Å²) in [4.78, 5) is 1.38. The lowest BCUT2D eigenvalue weighted by molar-refractivity contribution is 0.602. The molecular weight excluding hydrogens is 274 g/mol. The molecule has 0 aliphatic carbocycles. The highest BCUT2D eigenvalue weighted by Crippen LogP contribution is 2.29. The van der Waals surface area contributed by atoms with E-state index in [1.54, 1.807) is 0 Å². The van der Waals surface area contributed by atoms with Crippen molar-refractivity contribution in [3.63, 3.8) is 0 Å². The molecule has 0 saturated heterocycles. The smallest absolute Gasteiger partial charge is 0.0418 e. The Bertz CT molecular complexity index is 592. The molecule has 1 unspecified atom stereocenters. The molecule has 0 aliphatic rings. The van der Waals surface area contributed by atoms with E-state index in [4.69, 9.17) is 0 Å². The van der Waals surface area contributed by atoms with Crippen molar-refractivity contribution in [1.82, 2.24) is 5.32 Å². The number of nitrogens with one attached hydrogen (secondary N) is 1. The molecule has 0 spiro atoms. The fourth-order valence-electron chi connectivity index (χ4n) is 2.55. The molecule has 2 rings (SSSR count). The third-order valence-corrected chi connectivity index (χ3v) is 5.24. The second kappa shape index (κ2) is 7.67. The summed E-state index contributed by atoms with van der Waals surface area (Å²) >= 11 is 1.94. The van der Waals surface area contributed by atoms with E-state index in [1.807, 2.05) is 11.8 Å². The fraction of sp³-hybridized carbons (Fsp3) is 0.368. The van der Waals surface area contributed by atoms with Gasteiger partial charge in [-0.15, -0.1) is 11.8 Å². The highest BCUT2D eigenvalue weighted by atomic mass is 32.2. The van der Waals surface area contributed by atoms with Crippen LogP contribution < -0.4 is 5.32 Å². The number of hydrogen-bond donors (Lipinski definition) is 1. The van der Waals surface area contributed by atoms with Crippen molar-refractivity contribution in [2.24, 2.45) is 0 Å². The Labute approximate surface area is 133 Å². The Kier molecular flexibility index (Phi) is 5.89. The van der Waals surface area contributed by atoms with Crippen molar-refractivity contribution < 1.29 is 0 Å². The topological polar surface area (TPSA) is 12.0 Å². The van der Waals surface area contributed by atoms with Crippen LogP contribution in [0.2, 0.25) is 0 Å². The van der Waals surface area contributed by atoms with Gasteiger partial charge in [0.2, 0.25) is 0 Å². The predicted molar refractivity (Wildman–Crippen MR) is 94.2 cm³/mol. The molecule has 0 saturated carbocycles. The van der Waals surface area contributed by atoms with E-state index in [-0.39, 0.29) is 0 Å². The Morgan fingerprint density at radius 3 is 2.38 bits per heavy atom. The van der Waals surface area contributed by atoms with Crippen molar-refractivity contribution in [1.29, 1.82) is 0 Å². The van der Waals surface area contributed by atoms with Crippen LogP contribution in [0.15, 0.2) is 47.4 Å². The number of thioether (sulfide) groups is 1. The zero-order chi connectivity index (χ0) is 15.2. The molecule has 1 atom stereocenters. The lowest BCUT2D eigenvalue weighted by Crippen LogP contribution is -2.24. The molecule has 0 fully saturated rings. The van der Waals surface area contributed by atoms with Crippen LogP contribution in [0.5, 0.6) is 0 Å². The first kappa shape index (κ1) is 16.1. The van der Waals surface area contributed by atoms with Gasteiger partial charge in [-0.3, -0.25) is 0 Å². The quantitative estimate of drug-likeness (QED) is 0.749. The van der Waals surface area contributed by atoms with Crippen molar-refractivity contribution >= 4 is 11.8 Å². The highest BCUT2D eigenvalue weighted by Gasteiger charge is 2.14. The summed E-state index contributed by atoms with van der Waals surface area (Å²) in [7, 11) is 0. The largest absolute Gasteiger partial charge is 0.309 e. The Morgan fingerprint density at radius 1 is 0.952 bits per heavy atom. The Balaban J connectivity index is 2.16. The van der Waals surface area contributed by atoms with Crippen molar-refractivity contribution in [3.8, 4) is 0 Å². The average molecular weight is 299 g/mol. The molecule has 1 nitrogen and oxygen atoms in total. The predicted octanol–water partition coefficient (Wildman–Crippen LogP) is 5.05. The minimum Gasteiger partial charge on any atom is -0.309 e. The van der Waals surface area contributed by atoms with Crippen LogP contribution in [0.25, 0.3) is 0 Å². The summed E-state index contributed by atoms with van der Waals surface area (Å²) in [5.41, 5.74) is 5.57. The molecule has 0 aromatic heterocycles. The lowest BCUT2D eigenvalue weighted by atomic mass is 9.98.